The summed E-state index contributed by atoms with van der Waals surface area (Å²) in [4.78, 5) is 77.7. The van der Waals surface area contributed by atoms with Gasteiger partial charge in [-0.15, -0.1) is 35.3 Å². The van der Waals surface area contributed by atoms with Gasteiger partial charge in [-0.1, -0.05) is 199 Å². The Balaban J connectivity index is -0.000000516. The van der Waals surface area contributed by atoms with Gasteiger partial charge in [0, 0.05) is 140 Å². The van der Waals surface area contributed by atoms with Crippen molar-refractivity contribution in [3.8, 4) is 11.8 Å². The van der Waals surface area contributed by atoms with E-state index in [-0.39, 0.29) is 149 Å². The van der Waals surface area contributed by atoms with Crippen LogP contribution in [0.3, 0.4) is 0 Å². The third-order valence-corrected chi connectivity index (χ3v) is 25.1. The van der Waals surface area contributed by atoms with E-state index in [1.54, 1.807) is 110 Å². The van der Waals surface area contributed by atoms with Crippen molar-refractivity contribution < 1.29 is 83.7 Å². The van der Waals surface area contributed by atoms with Crippen LogP contribution in [0.5, 0.6) is 0 Å². The molecule has 36 heteroatoms. The second-order valence-electron chi connectivity index (χ2n) is 31.8. The molecule has 0 fully saturated rings. The molecule has 0 radical (unpaired) electrons. The monoisotopic (exact) mass is 2520 g/mol. The van der Waals surface area contributed by atoms with Crippen LogP contribution < -0.4 is 51.3 Å². The van der Waals surface area contributed by atoms with Gasteiger partial charge in [-0.05, 0) is 245 Å². The summed E-state index contributed by atoms with van der Waals surface area (Å²) in [5.74, 6) is -0.0246. The first-order valence-corrected chi connectivity index (χ1v) is 55.7. The predicted molar refractivity (Wildman–Crippen MR) is 630 cm³/mol. The molecule has 0 amide bonds. The fourth-order valence-corrected chi connectivity index (χ4v) is 15.9. The standard InChI is InChI=1S/C18H18BrN3OS.C18H19N3OS.C14H15NOS.C13H12BrNO.C10H5BrN2.C9H6BrNO.C9H6BrN.C4H3BrN2.C4H9NSi.C3H7.C2H6O.CH4S.4CH4.BrH.FH.Mg.Na.2H2/c1-11(2)18(23,17-14(19)9-20-10-21-17)16-7-4-12-8-13(24-3)5-6-15(12)22-16;1-12(2)18(22,16-8-9-19-11-20-16)17-7-4-13-10-14(23-3)5-6-15(13)21-17;1-9(2)14(16)13-6-4-10-8-11(17-3)5-7-12(10)15-13;1-8(2)13(16)12-5-3-9-7-10(14)4-6-11(9)15-12;11-8-2-4-10-7(5-8)1-3-9(6-12)13-10;10-8-3-4-9-7(6-8)2-1-5-11(9)12;10-8-3-4-9-7(6-8)2-1-5-11-9;5-4-1-6-3-7-2-4;1-6(2,3)4-5;1-3-2;1-2-3;1-2;;;;;;;;;;/h4-11,23H,1-3H3;4-12,22H,1-3H3;4-9H,1-3H3;3-8H,1-2H3;1-5H;1-6H;1-6H;1-3H;1-3H3;3H,1-2H3;3H,2H2,1H3;2H,1H3;4*1H4;2*1H;;;2*1H/q;;;;;;;;;-1;;;;;;;;;+2;+1;;/p-2/i;;;;;;;;;;;;;;;;;;;;1+1;. The number of pyridine rings is 7. The summed E-state index contributed by atoms with van der Waals surface area (Å²) in [6.45, 7) is 27.4. The van der Waals surface area contributed by atoms with Gasteiger partial charge in [0.1, 0.15) is 42.1 Å². The van der Waals surface area contributed by atoms with Crippen molar-refractivity contribution in [1.29, 1.82) is 10.5 Å². The number of carbonyl (C=O) groups excluding carboxylic acids is 2. The van der Waals surface area contributed by atoms with Gasteiger partial charge in [0.05, 0.1) is 64.8 Å². The molecule has 764 valence electrons. The van der Waals surface area contributed by atoms with Gasteiger partial charge in [-0.3, -0.25) is 19.3 Å². The van der Waals surface area contributed by atoms with E-state index >= 15 is 0 Å². The fourth-order valence-electron chi connectivity index (χ4n) is 12.3. The van der Waals surface area contributed by atoms with E-state index in [0.29, 0.717) is 49.8 Å². The predicted octanol–water partition coefficient (Wildman–Crippen LogP) is 24.6. The molecule has 145 heavy (non-hydrogen) atoms. The number of Topliss-reactive ketones (excluding diaryl/α,β-unsaturated/α-hetero) is 2. The molecule has 17 aromatic rings. The molecule has 0 spiro atoms. The van der Waals surface area contributed by atoms with Gasteiger partial charge in [0.25, 0.3) is 0 Å². The molecule has 0 aliphatic heterocycles. The number of hydrogen-bond donors (Lipinski definition) is 3. The largest absolute Gasteiger partial charge is 2.00 e. The molecule has 0 saturated heterocycles. The minimum Gasteiger partial charge on any atom is -1.00 e. The van der Waals surface area contributed by atoms with Crippen LogP contribution in [0, 0.1) is 57.6 Å². The van der Waals surface area contributed by atoms with E-state index in [0.717, 1.165) is 92.5 Å². The van der Waals surface area contributed by atoms with Gasteiger partial charge in [0.15, 0.2) is 37.0 Å². The normalized spacial score (nSPS) is 10.7. The summed E-state index contributed by atoms with van der Waals surface area (Å²) >= 11 is 29.4. The van der Waals surface area contributed by atoms with Crippen LogP contribution in [0.1, 0.15) is 158 Å². The van der Waals surface area contributed by atoms with E-state index in [2.05, 4.69) is 194 Å². The Bertz CT molecular complexity index is 6910. The average Bonchev–Trinajstić information content (AvgIpc) is 0.761. The van der Waals surface area contributed by atoms with E-state index in [1.165, 1.54) is 45.3 Å². The van der Waals surface area contributed by atoms with Crippen molar-refractivity contribution in [2.45, 2.75) is 151 Å². The first-order chi connectivity index (χ1) is 65.4. The molecule has 2 unspecified atom stereocenters. The van der Waals surface area contributed by atoms with Crippen LogP contribution in [-0.4, -0.2) is 149 Å². The molecule has 3 N–H and O–H groups in total. The number of ketones is 2. The summed E-state index contributed by atoms with van der Waals surface area (Å²) in [7, 11) is -1.33. The van der Waals surface area contributed by atoms with Gasteiger partial charge in [0.2, 0.25) is 5.52 Å². The van der Waals surface area contributed by atoms with Gasteiger partial charge in [-0.25, -0.2) is 60.1 Å². The minimum atomic E-state index is -1.33. The third-order valence-electron chi connectivity index (χ3n) is 19.3. The van der Waals surface area contributed by atoms with Crippen molar-refractivity contribution in [3.63, 3.8) is 0 Å². The van der Waals surface area contributed by atoms with Crippen molar-refractivity contribution in [1.82, 2.24) is 59.8 Å². The second-order valence-corrected chi connectivity index (χ2v) is 44.6. The number of thioether (sulfide) groups is 3. The number of aromatic nitrogens is 13. The number of aliphatic hydroxyl groups is 3. The first-order valence-electron chi connectivity index (χ1n) is 42.9. The zero-order chi connectivity index (χ0) is 101. The topological polar surface area (TPSA) is 324 Å². The zero-order valence-electron chi connectivity index (χ0n) is 81.7. The Labute approximate surface area is 977 Å². The fraction of sp³-hybridized carbons (Fsp3) is 0.266. The SMILES string of the molecule is Brc1ccc2ncccc2c1.Brc1cncnc1.C.C.C.C.CC(C)C(=O)c1ccc2cc(Br)ccc2n1.CCO.CSc1ccc2nc(C(=O)C(C)C)ccc2c1.CSc1ccc2nc(C(O)(c3ccncn3)C(C)C)ccc2c1.CSc1ccc2nc(C(O)(c3ncncc3Br)C(C)C)ccc2c1.C[CH-]C.C[S-].C[Si](C)(C)C#N.F.N#Cc1ccc2cc(Br)ccc2n1.[2HH].[Br-].[HH].[Mg+2].[Na+].[O-][n+]1cccc2cc(Br)ccc21. The Morgan fingerprint density at radius 2 is 0.834 bits per heavy atom. The average molecular weight is 2530 g/mol. The van der Waals surface area contributed by atoms with Crippen molar-refractivity contribution in [2.24, 2.45) is 23.7 Å². The van der Waals surface area contributed by atoms with Crippen molar-refractivity contribution in [3.05, 3.63) is 353 Å². The van der Waals surface area contributed by atoms with E-state index < -0.39 is 19.3 Å². The smallest absolute Gasteiger partial charge is 1.00 e. The Morgan fingerprint density at radius 3 is 1.22 bits per heavy atom. The number of aliphatic hydroxyl groups excluding tert-OH is 1. The summed E-state index contributed by atoms with van der Waals surface area (Å²) in [5.41, 5.74) is 9.60. The molecule has 10 heterocycles. The number of hydrogen-bond acceptors (Lipinski definition) is 24. The summed E-state index contributed by atoms with van der Waals surface area (Å²) in [5, 5.41) is 65.8. The molecule has 0 aliphatic carbocycles. The second kappa shape index (κ2) is 72.7. The van der Waals surface area contributed by atoms with E-state index in [1.807, 2.05) is 278 Å². The molecular formula is C109H130Br7FMgN15NaO6S4Si. The molecule has 0 saturated carbocycles. The molecule has 0 bridgehead atoms. The number of benzene rings is 7. The molecule has 7 aromatic carbocycles. The Kier molecular flexibility index (Phi) is 70.9. The maximum atomic E-state index is 11.8. The summed E-state index contributed by atoms with van der Waals surface area (Å²) in [6, 6.07) is 71.9. The van der Waals surface area contributed by atoms with E-state index in [4.69, 9.17) is 25.6 Å². The quantitative estimate of drug-likeness (QED) is 0.0184. The molecule has 17 rings (SSSR count). The number of fused-ring (bicyclic) bond motifs is 7. The number of rotatable bonds is 13. The van der Waals surface area contributed by atoms with Crippen LogP contribution in [0.4, 0.5) is 4.70 Å². The summed E-state index contributed by atoms with van der Waals surface area (Å²) in [6.07, 6.45) is 24.1. The Hall–Kier alpha value is -7.68. The van der Waals surface area contributed by atoms with Crippen LogP contribution in [0.15, 0.2) is 316 Å². The number of nitriles is 2. The first kappa shape index (κ1) is 141. The van der Waals surface area contributed by atoms with Crippen LogP contribution in [-0.2, 0) is 23.8 Å². The Morgan fingerprint density at radius 1 is 0.476 bits per heavy atom. The van der Waals surface area contributed by atoms with Crippen LogP contribution in [0.2, 0.25) is 19.6 Å². The van der Waals surface area contributed by atoms with Crippen LogP contribution in [0.25, 0.3) is 76.3 Å². The summed E-state index contributed by atoms with van der Waals surface area (Å²) < 4.78 is 6.56. The number of halogens is 8. The third kappa shape index (κ3) is 44.4. The molecule has 21 nitrogen and oxygen atoms in total. The zero-order valence-corrected chi connectivity index (χ0v) is 101. The maximum absolute atomic E-state index is 11.8. The van der Waals surface area contributed by atoms with Crippen LogP contribution >= 0.6 is 131 Å². The molecular weight excluding hydrogens is 2400 g/mol. The molecule has 2 atom stereocenters. The number of carbonyl (C=O) groups is 2. The van der Waals surface area contributed by atoms with E-state index in [9.17, 15) is 25.0 Å². The molecule has 10 aromatic heterocycles. The number of nitrogens with zero attached hydrogens (tertiary/aromatic N) is 15. The van der Waals surface area contributed by atoms with Crippen molar-refractivity contribution in [2.75, 3.05) is 31.6 Å². The maximum Gasteiger partial charge on any atom is 2.00 e. The minimum absolute atomic E-state index is 0. The van der Waals surface area contributed by atoms with Gasteiger partial charge < -0.3 is 56.6 Å². The van der Waals surface area contributed by atoms with Crippen molar-refractivity contribution >= 4 is 263 Å². The molecule has 0 aliphatic rings. The van der Waals surface area contributed by atoms with Gasteiger partial charge in [-0.2, -0.15) is 30.1 Å². The van der Waals surface area contributed by atoms with Gasteiger partial charge >= 0.3 is 52.6 Å².